The third-order valence-corrected chi connectivity index (χ3v) is 4.46. The van der Waals surface area contributed by atoms with Gasteiger partial charge in [-0.25, -0.2) is 8.78 Å². The molecule has 2 unspecified atom stereocenters. The van der Waals surface area contributed by atoms with Crippen molar-refractivity contribution >= 4 is 10.8 Å². The number of halogens is 2. The first kappa shape index (κ1) is 15.6. The lowest BCUT2D eigenvalue weighted by atomic mass is 10.1. The van der Waals surface area contributed by atoms with Crippen molar-refractivity contribution in [1.82, 2.24) is 0 Å². The molecule has 0 bridgehead atoms. The lowest BCUT2D eigenvalue weighted by Gasteiger charge is -2.15. The molecule has 0 aromatic heterocycles. The molecule has 0 heterocycles. The van der Waals surface area contributed by atoms with Crippen LogP contribution in [0.25, 0.3) is 0 Å². The van der Waals surface area contributed by atoms with Crippen LogP contribution < -0.4 is 10.5 Å². The SMILES string of the molecule is COc1ccccc1C(N)CS(=O)c1ccc(F)c(F)c1. The van der Waals surface area contributed by atoms with E-state index in [-0.39, 0.29) is 10.6 Å². The van der Waals surface area contributed by atoms with Gasteiger partial charge in [0.25, 0.3) is 0 Å². The predicted molar refractivity (Wildman–Crippen MR) is 77.6 cm³/mol. The van der Waals surface area contributed by atoms with Crippen molar-refractivity contribution in [3.05, 3.63) is 59.7 Å². The lowest BCUT2D eigenvalue weighted by molar-refractivity contribution is 0.407. The van der Waals surface area contributed by atoms with E-state index in [1.165, 1.54) is 13.2 Å². The van der Waals surface area contributed by atoms with Crippen molar-refractivity contribution in [2.24, 2.45) is 5.73 Å². The van der Waals surface area contributed by atoms with Gasteiger partial charge in [0, 0.05) is 22.3 Å². The second-order valence-electron chi connectivity index (χ2n) is 4.44. The standard InChI is InChI=1S/C15H15F2NO2S/c1-20-15-5-3-2-4-11(15)14(18)9-21(19)10-6-7-12(16)13(17)8-10/h2-8,14H,9,18H2,1H3. The molecule has 0 amide bonds. The van der Waals surface area contributed by atoms with Crippen molar-refractivity contribution in [1.29, 1.82) is 0 Å². The molecule has 0 aliphatic heterocycles. The maximum absolute atomic E-state index is 13.2. The van der Waals surface area contributed by atoms with E-state index in [1.807, 2.05) is 0 Å². The number of benzene rings is 2. The van der Waals surface area contributed by atoms with Crippen LogP contribution >= 0.6 is 0 Å². The average molecular weight is 311 g/mol. The van der Waals surface area contributed by atoms with Crippen LogP contribution in [0, 0.1) is 11.6 Å². The van der Waals surface area contributed by atoms with Crippen LogP contribution in [-0.2, 0) is 10.8 Å². The Hall–Kier alpha value is -1.79. The number of rotatable bonds is 5. The Labute approximate surface area is 124 Å². The first-order chi connectivity index (χ1) is 10.0. The van der Waals surface area contributed by atoms with Gasteiger partial charge in [0.15, 0.2) is 11.6 Å². The van der Waals surface area contributed by atoms with E-state index in [4.69, 9.17) is 10.5 Å². The summed E-state index contributed by atoms with van der Waals surface area (Å²) in [7, 11) is -0.00436. The van der Waals surface area contributed by atoms with Gasteiger partial charge in [-0.3, -0.25) is 4.21 Å². The zero-order chi connectivity index (χ0) is 15.4. The number of hydrogen-bond donors (Lipinski definition) is 1. The molecule has 0 spiro atoms. The van der Waals surface area contributed by atoms with Crippen molar-refractivity contribution in [2.45, 2.75) is 10.9 Å². The zero-order valence-corrected chi connectivity index (χ0v) is 12.2. The molecule has 0 aliphatic carbocycles. The summed E-state index contributed by atoms with van der Waals surface area (Å²) in [6, 6.07) is 9.80. The quantitative estimate of drug-likeness (QED) is 0.924. The van der Waals surface area contributed by atoms with Gasteiger partial charge in [-0.1, -0.05) is 18.2 Å². The highest BCUT2D eigenvalue weighted by Gasteiger charge is 2.16. The first-order valence-corrected chi connectivity index (χ1v) is 7.56. The Kier molecular flexibility index (Phi) is 5.03. The van der Waals surface area contributed by atoms with E-state index in [0.29, 0.717) is 5.75 Å². The third kappa shape index (κ3) is 3.65. The van der Waals surface area contributed by atoms with E-state index in [2.05, 4.69) is 0 Å². The van der Waals surface area contributed by atoms with Crippen molar-refractivity contribution < 1.29 is 17.7 Å². The molecule has 3 nitrogen and oxygen atoms in total. The van der Waals surface area contributed by atoms with Gasteiger partial charge < -0.3 is 10.5 Å². The van der Waals surface area contributed by atoms with Crippen LogP contribution in [0.15, 0.2) is 47.4 Å². The fourth-order valence-electron chi connectivity index (χ4n) is 1.94. The summed E-state index contributed by atoms with van der Waals surface area (Å²) in [5.74, 6) is -1.30. The number of hydrogen-bond acceptors (Lipinski definition) is 3. The molecule has 0 saturated carbocycles. The monoisotopic (exact) mass is 311 g/mol. The summed E-state index contributed by atoms with van der Waals surface area (Å²) in [4.78, 5) is 0.208. The molecule has 2 N–H and O–H groups in total. The van der Waals surface area contributed by atoms with Gasteiger partial charge in [-0.15, -0.1) is 0 Å². The number of para-hydroxylation sites is 1. The predicted octanol–water partition coefficient (Wildman–Crippen LogP) is 2.78. The molecule has 6 heteroatoms. The van der Waals surface area contributed by atoms with Crippen LogP contribution in [0.3, 0.4) is 0 Å². The normalized spacial score (nSPS) is 13.7. The molecule has 2 aromatic rings. The molecule has 0 fully saturated rings. The fraction of sp³-hybridized carbons (Fsp3) is 0.200. The minimum absolute atomic E-state index is 0.0887. The summed E-state index contributed by atoms with van der Waals surface area (Å²) in [6.45, 7) is 0. The van der Waals surface area contributed by atoms with E-state index < -0.39 is 28.5 Å². The molecule has 112 valence electrons. The van der Waals surface area contributed by atoms with Gasteiger partial charge in [0.2, 0.25) is 0 Å². The Morgan fingerprint density at radius 2 is 1.90 bits per heavy atom. The highest BCUT2D eigenvalue weighted by molar-refractivity contribution is 7.85. The molecule has 0 saturated heterocycles. The lowest BCUT2D eigenvalue weighted by Crippen LogP contribution is -2.19. The highest BCUT2D eigenvalue weighted by atomic mass is 32.2. The van der Waals surface area contributed by atoms with Gasteiger partial charge >= 0.3 is 0 Å². The second-order valence-corrected chi connectivity index (χ2v) is 5.93. The maximum atomic E-state index is 13.2. The Morgan fingerprint density at radius 1 is 1.19 bits per heavy atom. The Balaban J connectivity index is 2.16. The zero-order valence-electron chi connectivity index (χ0n) is 11.4. The topological polar surface area (TPSA) is 52.3 Å². The van der Waals surface area contributed by atoms with Crippen LogP contribution in [0.4, 0.5) is 8.78 Å². The third-order valence-electron chi connectivity index (χ3n) is 3.02. The molecule has 2 atom stereocenters. The summed E-state index contributed by atoms with van der Waals surface area (Å²) in [5.41, 5.74) is 6.76. The largest absolute Gasteiger partial charge is 0.496 e. The molecular formula is C15H15F2NO2S. The fourth-order valence-corrected chi connectivity index (χ4v) is 3.09. The van der Waals surface area contributed by atoms with E-state index in [0.717, 1.165) is 17.7 Å². The maximum Gasteiger partial charge on any atom is 0.160 e. The average Bonchev–Trinajstić information content (AvgIpc) is 2.49. The minimum atomic E-state index is -1.53. The van der Waals surface area contributed by atoms with Crippen molar-refractivity contribution in [2.75, 3.05) is 12.9 Å². The van der Waals surface area contributed by atoms with Crippen LogP contribution in [0.2, 0.25) is 0 Å². The molecule has 2 rings (SSSR count). The molecule has 0 radical (unpaired) electrons. The summed E-state index contributed by atoms with van der Waals surface area (Å²) < 4.78 is 43.4. The summed E-state index contributed by atoms with van der Waals surface area (Å²) >= 11 is 0. The molecule has 0 aliphatic rings. The van der Waals surface area contributed by atoms with Gasteiger partial charge in [-0.2, -0.15) is 0 Å². The van der Waals surface area contributed by atoms with Crippen LogP contribution in [0.1, 0.15) is 11.6 Å². The minimum Gasteiger partial charge on any atom is -0.496 e. The van der Waals surface area contributed by atoms with E-state index in [1.54, 1.807) is 24.3 Å². The number of methoxy groups -OCH3 is 1. The van der Waals surface area contributed by atoms with Crippen LogP contribution in [-0.4, -0.2) is 17.1 Å². The molecule has 21 heavy (non-hydrogen) atoms. The summed E-state index contributed by atoms with van der Waals surface area (Å²) in [6.07, 6.45) is 0. The molecule has 2 aromatic carbocycles. The Morgan fingerprint density at radius 3 is 2.57 bits per heavy atom. The number of nitrogens with two attached hydrogens (primary N) is 1. The van der Waals surface area contributed by atoms with Crippen molar-refractivity contribution in [3.8, 4) is 5.75 Å². The van der Waals surface area contributed by atoms with E-state index in [9.17, 15) is 13.0 Å². The van der Waals surface area contributed by atoms with Crippen molar-refractivity contribution in [3.63, 3.8) is 0 Å². The second kappa shape index (κ2) is 6.78. The highest BCUT2D eigenvalue weighted by Crippen LogP contribution is 2.25. The summed E-state index contributed by atoms with van der Waals surface area (Å²) in [5, 5.41) is 0. The van der Waals surface area contributed by atoms with Gasteiger partial charge in [0.05, 0.1) is 17.9 Å². The molecular weight excluding hydrogens is 296 g/mol. The van der Waals surface area contributed by atoms with Gasteiger partial charge in [0.1, 0.15) is 5.75 Å². The Bertz CT molecular complexity index is 664. The van der Waals surface area contributed by atoms with E-state index >= 15 is 0 Å². The number of ether oxygens (including phenoxy) is 1. The first-order valence-electron chi connectivity index (χ1n) is 6.25. The van der Waals surface area contributed by atoms with Crippen LogP contribution in [0.5, 0.6) is 5.75 Å². The smallest absolute Gasteiger partial charge is 0.160 e. The van der Waals surface area contributed by atoms with Gasteiger partial charge in [-0.05, 0) is 24.3 Å².